The SMILES string of the molecule is Cc1cc(C)c(NC(=O)C2CCN(S(=O)(=O)c3ccc(C#N)cc3)CC2)c(C)n1. The first kappa shape index (κ1) is 21.0. The molecule has 0 bridgehead atoms. The van der Waals surface area contributed by atoms with Crippen LogP contribution in [-0.4, -0.2) is 36.7 Å². The van der Waals surface area contributed by atoms with Crippen molar-refractivity contribution >= 4 is 21.6 Å². The third-order valence-electron chi connectivity index (χ3n) is 5.22. The molecule has 1 amide bonds. The van der Waals surface area contributed by atoms with E-state index < -0.39 is 10.0 Å². The largest absolute Gasteiger partial charge is 0.324 e. The molecule has 1 aliphatic heterocycles. The number of amides is 1. The molecular weight excluding hydrogens is 388 g/mol. The van der Waals surface area contributed by atoms with Crippen molar-refractivity contribution in [3.8, 4) is 6.07 Å². The average Bonchev–Trinajstić information content (AvgIpc) is 2.70. The zero-order valence-electron chi connectivity index (χ0n) is 16.8. The summed E-state index contributed by atoms with van der Waals surface area (Å²) in [7, 11) is -3.63. The third-order valence-corrected chi connectivity index (χ3v) is 7.13. The Bertz CT molecular complexity index is 1040. The molecule has 8 heteroatoms. The maximum absolute atomic E-state index is 12.8. The number of piperidine rings is 1. The molecule has 1 fully saturated rings. The van der Waals surface area contributed by atoms with E-state index in [0.29, 0.717) is 18.4 Å². The first-order chi connectivity index (χ1) is 13.7. The molecule has 0 aliphatic carbocycles. The van der Waals surface area contributed by atoms with Crippen molar-refractivity contribution < 1.29 is 13.2 Å². The van der Waals surface area contributed by atoms with E-state index in [1.54, 1.807) is 0 Å². The van der Waals surface area contributed by atoms with Gasteiger partial charge in [0.2, 0.25) is 15.9 Å². The van der Waals surface area contributed by atoms with E-state index in [9.17, 15) is 13.2 Å². The first-order valence-electron chi connectivity index (χ1n) is 9.48. The normalized spacial score (nSPS) is 15.7. The molecule has 0 saturated carbocycles. The monoisotopic (exact) mass is 412 g/mol. The summed E-state index contributed by atoms with van der Waals surface area (Å²) in [6.07, 6.45) is 0.914. The van der Waals surface area contributed by atoms with E-state index in [0.717, 1.165) is 22.6 Å². The number of carbonyl (C=O) groups is 1. The first-order valence-corrected chi connectivity index (χ1v) is 10.9. The molecule has 1 aliphatic rings. The lowest BCUT2D eigenvalue weighted by Gasteiger charge is -2.30. The van der Waals surface area contributed by atoms with Crippen LogP contribution in [0.3, 0.4) is 0 Å². The number of rotatable bonds is 4. The summed E-state index contributed by atoms with van der Waals surface area (Å²) in [5.74, 6) is -0.347. The van der Waals surface area contributed by atoms with Crippen molar-refractivity contribution in [3.05, 3.63) is 52.8 Å². The highest BCUT2D eigenvalue weighted by atomic mass is 32.2. The lowest BCUT2D eigenvalue weighted by atomic mass is 9.97. The van der Waals surface area contributed by atoms with Crippen LogP contribution in [0.5, 0.6) is 0 Å². The fraction of sp³-hybridized carbons (Fsp3) is 0.381. The molecule has 7 nitrogen and oxygen atoms in total. The second kappa shape index (κ2) is 8.31. The van der Waals surface area contributed by atoms with Crippen LogP contribution in [0.1, 0.15) is 35.4 Å². The summed E-state index contributed by atoms with van der Waals surface area (Å²) in [5, 5.41) is 11.8. The van der Waals surface area contributed by atoms with Crippen molar-refractivity contribution in [2.45, 2.75) is 38.5 Å². The number of nitrogens with one attached hydrogen (secondary N) is 1. The maximum atomic E-state index is 12.8. The van der Waals surface area contributed by atoms with E-state index in [1.165, 1.54) is 28.6 Å². The highest BCUT2D eigenvalue weighted by Gasteiger charge is 2.32. The molecule has 1 aromatic carbocycles. The number of hydrogen-bond donors (Lipinski definition) is 1. The molecule has 152 valence electrons. The Hall–Kier alpha value is -2.76. The van der Waals surface area contributed by atoms with Gasteiger partial charge in [-0.3, -0.25) is 9.78 Å². The molecule has 1 saturated heterocycles. The highest BCUT2D eigenvalue weighted by Crippen LogP contribution is 2.26. The zero-order valence-corrected chi connectivity index (χ0v) is 17.6. The Morgan fingerprint density at radius 3 is 2.34 bits per heavy atom. The summed E-state index contributed by atoms with van der Waals surface area (Å²) < 4.78 is 27.0. The van der Waals surface area contributed by atoms with Gasteiger partial charge in [0, 0.05) is 24.7 Å². The molecular formula is C21H24N4O3S. The summed E-state index contributed by atoms with van der Waals surface area (Å²) in [6.45, 7) is 6.27. The van der Waals surface area contributed by atoms with Crippen LogP contribution in [0, 0.1) is 38.0 Å². The third kappa shape index (κ3) is 4.47. The topological polar surface area (TPSA) is 103 Å². The number of carbonyl (C=O) groups excluding carboxylic acids is 1. The van der Waals surface area contributed by atoms with Crippen LogP contribution in [0.15, 0.2) is 35.2 Å². The van der Waals surface area contributed by atoms with Gasteiger partial charge in [0.25, 0.3) is 0 Å². The van der Waals surface area contributed by atoms with Crippen LogP contribution in [0.25, 0.3) is 0 Å². The van der Waals surface area contributed by atoms with Gasteiger partial charge in [-0.2, -0.15) is 9.57 Å². The minimum atomic E-state index is -3.63. The van der Waals surface area contributed by atoms with Crippen molar-refractivity contribution in [1.29, 1.82) is 5.26 Å². The number of nitrogens with zero attached hydrogens (tertiary/aromatic N) is 3. The fourth-order valence-corrected chi connectivity index (χ4v) is 5.12. The van der Waals surface area contributed by atoms with Crippen LogP contribution in [-0.2, 0) is 14.8 Å². The molecule has 1 N–H and O–H groups in total. The van der Waals surface area contributed by atoms with Gasteiger partial charge in [0.05, 0.1) is 27.9 Å². The van der Waals surface area contributed by atoms with E-state index in [1.807, 2.05) is 32.9 Å². The van der Waals surface area contributed by atoms with Crippen molar-refractivity contribution in [2.75, 3.05) is 18.4 Å². The molecule has 2 heterocycles. The van der Waals surface area contributed by atoms with Crippen LogP contribution in [0.2, 0.25) is 0 Å². The smallest absolute Gasteiger partial charge is 0.243 e. The number of benzene rings is 1. The summed E-state index contributed by atoms with van der Waals surface area (Å²) in [6, 6.07) is 9.78. The molecule has 0 radical (unpaired) electrons. The van der Waals surface area contributed by atoms with Crippen molar-refractivity contribution in [2.24, 2.45) is 5.92 Å². The summed E-state index contributed by atoms with van der Waals surface area (Å²) in [5.41, 5.74) is 3.78. The minimum Gasteiger partial charge on any atom is -0.324 e. The van der Waals surface area contributed by atoms with Gasteiger partial charge in [-0.1, -0.05) is 0 Å². The van der Waals surface area contributed by atoms with Gasteiger partial charge in [0.1, 0.15) is 0 Å². The molecule has 0 unspecified atom stereocenters. The number of aryl methyl sites for hydroxylation is 3. The van der Waals surface area contributed by atoms with Crippen LogP contribution < -0.4 is 5.32 Å². The zero-order chi connectivity index (χ0) is 21.2. The van der Waals surface area contributed by atoms with Gasteiger partial charge in [-0.15, -0.1) is 0 Å². The summed E-state index contributed by atoms with van der Waals surface area (Å²) >= 11 is 0. The maximum Gasteiger partial charge on any atom is 0.243 e. The standard InChI is InChI=1S/C21H24N4O3S/c1-14-12-15(2)23-16(3)20(14)24-21(26)18-8-10-25(11-9-18)29(27,28)19-6-4-17(13-22)5-7-19/h4-7,12,18H,8-11H2,1-3H3,(H,24,26). The minimum absolute atomic E-state index is 0.0997. The number of pyridine rings is 1. The fourth-order valence-electron chi connectivity index (χ4n) is 3.65. The van der Waals surface area contributed by atoms with Gasteiger partial charge in [0.15, 0.2) is 0 Å². The Labute approximate surface area is 171 Å². The number of aromatic nitrogens is 1. The van der Waals surface area contributed by atoms with Gasteiger partial charge >= 0.3 is 0 Å². The van der Waals surface area contributed by atoms with Crippen LogP contribution >= 0.6 is 0 Å². The lowest BCUT2D eigenvalue weighted by Crippen LogP contribution is -2.41. The van der Waals surface area contributed by atoms with Crippen molar-refractivity contribution in [3.63, 3.8) is 0 Å². The highest BCUT2D eigenvalue weighted by molar-refractivity contribution is 7.89. The molecule has 1 aromatic heterocycles. The van der Waals surface area contributed by atoms with Crippen molar-refractivity contribution in [1.82, 2.24) is 9.29 Å². The number of hydrogen-bond acceptors (Lipinski definition) is 5. The number of sulfonamides is 1. The molecule has 0 spiro atoms. The predicted molar refractivity (Wildman–Crippen MR) is 110 cm³/mol. The lowest BCUT2D eigenvalue weighted by molar-refractivity contribution is -0.120. The van der Waals surface area contributed by atoms with Crippen LogP contribution in [0.4, 0.5) is 5.69 Å². The predicted octanol–water partition coefficient (Wildman–Crippen LogP) is 2.92. The molecule has 3 rings (SSSR count). The second-order valence-electron chi connectivity index (χ2n) is 7.34. The molecule has 2 aromatic rings. The van der Waals surface area contributed by atoms with E-state index >= 15 is 0 Å². The van der Waals surface area contributed by atoms with E-state index in [4.69, 9.17) is 5.26 Å². The summed E-state index contributed by atoms with van der Waals surface area (Å²) in [4.78, 5) is 17.3. The van der Waals surface area contributed by atoms with E-state index in [2.05, 4.69) is 10.3 Å². The van der Waals surface area contributed by atoms with Gasteiger partial charge < -0.3 is 5.32 Å². The van der Waals surface area contributed by atoms with E-state index in [-0.39, 0.29) is 29.8 Å². The average molecular weight is 413 g/mol. The quantitative estimate of drug-likeness (QED) is 0.832. The Morgan fingerprint density at radius 2 is 1.79 bits per heavy atom. The molecule has 0 atom stereocenters. The Balaban J connectivity index is 1.65. The van der Waals surface area contributed by atoms with Gasteiger partial charge in [-0.25, -0.2) is 8.42 Å². The Kier molecular flexibility index (Phi) is 6.01. The second-order valence-corrected chi connectivity index (χ2v) is 9.28. The molecule has 29 heavy (non-hydrogen) atoms. The van der Waals surface area contributed by atoms with Gasteiger partial charge in [-0.05, 0) is 69.5 Å². The number of anilines is 1. The number of nitriles is 1. The Morgan fingerprint density at radius 1 is 1.17 bits per heavy atom.